The van der Waals surface area contributed by atoms with E-state index in [0.717, 1.165) is 29.4 Å². The summed E-state index contributed by atoms with van der Waals surface area (Å²) < 4.78 is 1.01. The molecule has 1 aromatic rings. The van der Waals surface area contributed by atoms with Crippen molar-refractivity contribution in [1.82, 2.24) is 4.98 Å². The molecule has 0 saturated heterocycles. The molecule has 2 unspecified atom stereocenters. The highest BCUT2D eigenvalue weighted by Gasteiger charge is 2.23. The van der Waals surface area contributed by atoms with Crippen molar-refractivity contribution in [3.8, 4) is 0 Å². The fourth-order valence-electron chi connectivity index (χ4n) is 2.22. The normalized spacial score (nSPS) is 26.5. The summed E-state index contributed by atoms with van der Waals surface area (Å²) in [6.07, 6.45) is 7.13. The molecule has 1 aromatic heterocycles. The van der Waals surface area contributed by atoms with Crippen LogP contribution in [-0.2, 0) is 6.42 Å². The van der Waals surface area contributed by atoms with Crippen LogP contribution in [0.5, 0.6) is 0 Å². The molecule has 3 heteroatoms. The van der Waals surface area contributed by atoms with Gasteiger partial charge in [-0.3, -0.25) is 4.98 Å². The number of rotatable bonds is 2. The molecule has 1 N–H and O–H groups in total. The maximum absolute atomic E-state index is 9.85. The van der Waals surface area contributed by atoms with E-state index in [4.69, 9.17) is 0 Å². The monoisotopic (exact) mass is 269 g/mol. The summed E-state index contributed by atoms with van der Waals surface area (Å²) in [6.45, 7) is 0. The van der Waals surface area contributed by atoms with E-state index in [1.165, 1.54) is 12.8 Å². The van der Waals surface area contributed by atoms with Crippen molar-refractivity contribution in [2.45, 2.75) is 38.2 Å². The van der Waals surface area contributed by atoms with Gasteiger partial charge in [-0.25, -0.2) is 0 Å². The first-order valence-electron chi connectivity index (χ1n) is 5.54. The van der Waals surface area contributed by atoms with E-state index in [9.17, 15) is 5.11 Å². The van der Waals surface area contributed by atoms with Crippen molar-refractivity contribution in [3.05, 3.63) is 28.5 Å². The first kappa shape index (κ1) is 11.1. The molecule has 2 rings (SSSR count). The molecule has 2 nitrogen and oxygen atoms in total. The molecule has 1 aliphatic rings. The summed E-state index contributed by atoms with van der Waals surface area (Å²) in [5, 5.41) is 9.85. The number of aliphatic hydroxyl groups excluding tert-OH is 1. The Bertz CT molecular complexity index is 312. The Labute approximate surface area is 98.9 Å². The minimum atomic E-state index is -0.121. The summed E-state index contributed by atoms with van der Waals surface area (Å²) in [4.78, 5) is 4.35. The van der Waals surface area contributed by atoms with Gasteiger partial charge < -0.3 is 5.11 Å². The second-order valence-corrected chi connectivity index (χ2v) is 5.20. The molecule has 82 valence electrons. The maximum atomic E-state index is 9.85. The smallest absolute Gasteiger partial charge is 0.0572 e. The van der Waals surface area contributed by atoms with Crippen LogP contribution in [0.1, 0.15) is 31.4 Å². The topological polar surface area (TPSA) is 33.1 Å². The van der Waals surface area contributed by atoms with E-state index in [2.05, 4.69) is 20.9 Å². The Hall–Kier alpha value is -0.410. The number of hydrogen-bond acceptors (Lipinski definition) is 2. The van der Waals surface area contributed by atoms with Crippen LogP contribution in [0.3, 0.4) is 0 Å². The molecule has 0 bridgehead atoms. The van der Waals surface area contributed by atoms with Gasteiger partial charge in [0.25, 0.3) is 0 Å². The van der Waals surface area contributed by atoms with Crippen molar-refractivity contribution < 1.29 is 5.11 Å². The quantitative estimate of drug-likeness (QED) is 0.896. The lowest BCUT2D eigenvalue weighted by Gasteiger charge is -2.27. The largest absolute Gasteiger partial charge is 0.393 e. The lowest BCUT2D eigenvalue weighted by molar-refractivity contribution is 0.0695. The van der Waals surface area contributed by atoms with Gasteiger partial charge in [0.05, 0.1) is 6.10 Å². The van der Waals surface area contributed by atoms with Crippen LogP contribution >= 0.6 is 15.9 Å². The maximum Gasteiger partial charge on any atom is 0.0572 e. The number of hydrogen-bond donors (Lipinski definition) is 1. The zero-order chi connectivity index (χ0) is 10.7. The number of nitrogens with zero attached hydrogens (tertiary/aromatic N) is 1. The van der Waals surface area contributed by atoms with Crippen LogP contribution < -0.4 is 0 Å². The standard InChI is InChI=1S/C12H16BrNO/c13-10-5-6-11(14-8-10)7-9-3-1-2-4-12(9)15/h5-6,8-9,12,15H,1-4,7H2. The van der Waals surface area contributed by atoms with Gasteiger partial charge in [0.15, 0.2) is 0 Å². The van der Waals surface area contributed by atoms with Crippen LogP contribution in [0.2, 0.25) is 0 Å². The van der Waals surface area contributed by atoms with Crippen molar-refractivity contribution in [2.24, 2.45) is 5.92 Å². The minimum absolute atomic E-state index is 0.121. The Morgan fingerprint density at radius 2 is 2.13 bits per heavy atom. The third kappa shape index (κ3) is 3.02. The summed E-state index contributed by atoms with van der Waals surface area (Å²) in [7, 11) is 0. The van der Waals surface area contributed by atoms with E-state index in [1.807, 2.05) is 18.3 Å². The van der Waals surface area contributed by atoms with Crippen LogP contribution in [-0.4, -0.2) is 16.2 Å². The van der Waals surface area contributed by atoms with Crippen LogP contribution in [0, 0.1) is 5.92 Å². The van der Waals surface area contributed by atoms with Gasteiger partial charge in [0, 0.05) is 16.4 Å². The summed E-state index contributed by atoms with van der Waals surface area (Å²) in [5.41, 5.74) is 1.09. The molecule has 0 radical (unpaired) electrons. The van der Waals surface area contributed by atoms with Crippen molar-refractivity contribution in [1.29, 1.82) is 0 Å². The van der Waals surface area contributed by atoms with Gasteiger partial charge in [-0.15, -0.1) is 0 Å². The molecule has 0 aliphatic heterocycles. The zero-order valence-electron chi connectivity index (χ0n) is 8.69. The Kier molecular flexibility index (Phi) is 3.76. The van der Waals surface area contributed by atoms with Crippen LogP contribution in [0.4, 0.5) is 0 Å². The van der Waals surface area contributed by atoms with E-state index in [0.29, 0.717) is 5.92 Å². The highest BCUT2D eigenvalue weighted by atomic mass is 79.9. The van der Waals surface area contributed by atoms with E-state index >= 15 is 0 Å². The van der Waals surface area contributed by atoms with Gasteiger partial charge in [0.1, 0.15) is 0 Å². The Morgan fingerprint density at radius 3 is 2.80 bits per heavy atom. The molecule has 1 aliphatic carbocycles. The highest BCUT2D eigenvalue weighted by Crippen LogP contribution is 2.27. The van der Waals surface area contributed by atoms with Crippen LogP contribution in [0.15, 0.2) is 22.8 Å². The fourth-order valence-corrected chi connectivity index (χ4v) is 2.46. The van der Waals surface area contributed by atoms with Gasteiger partial charge in [0.2, 0.25) is 0 Å². The molecule has 1 saturated carbocycles. The third-order valence-electron chi connectivity index (χ3n) is 3.13. The predicted molar refractivity (Wildman–Crippen MR) is 63.6 cm³/mol. The second kappa shape index (κ2) is 5.08. The van der Waals surface area contributed by atoms with Crippen molar-refractivity contribution in [3.63, 3.8) is 0 Å². The lowest BCUT2D eigenvalue weighted by atomic mass is 9.83. The minimum Gasteiger partial charge on any atom is -0.393 e. The van der Waals surface area contributed by atoms with Gasteiger partial charge in [-0.05, 0) is 53.2 Å². The SMILES string of the molecule is OC1CCCCC1Cc1ccc(Br)cn1. The third-order valence-corrected chi connectivity index (χ3v) is 3.60. The fraction of sp³-hybridized carbons (Fsp3) is 0.583. The van der Waals surface area contributed by atoms with E-state index in [1.54, 1.807) is 0 Å². The number of pyridine rings is 1. The first-order valence-corrected chi connectivity index (χ1v) is 6.33. The van der Waals surface area contributed by atoms with Crippen LogP contribution in [0.25, 0.3) is 0 Å². The molecule has 1 heterocycles. The average Bonchev–Trinajstić information content (AvgIpc) is 2.25. The van der Waals surface area contributed by atoms with E-state index < -0.39 is 0 Å². The number of aliphatic hydroxyl groups is 1. The summed E-state index contributed by atoms with van der Waals surface area (Å²) >= 11 is 3.37. The molecular weight excluding hydrogens is 254 g/mol. The van der Waals surface area contributed by atoms with Crippen molar-refractivity contribution in [2.75, 3.05) is 0 Å². The molecule has 0 spiro atoms. The predicted octanol–water partition coefficient (Wildman–Crippen LogP) is 2.94. The number of halogens is 1. The molecule has 2 atom stereocenters. The summed E-state index contributed by atoms with van der Waals surface area (Å²) in [5.74, 6) is 0.410. The zero-order valence-corrected chi connectivity index (χ0v) is 10.3. The highest BCUT2D eigenvalue weighted by molar-refractivity contribution is 9.10. The Balaban J connectivity index is 1.98. The Morgan fingerprint density at radius 1 is 1.33 bits per heavy atom. The molecule has 0 amide bonds. The molecule has 1 fully saturated rings. The molecule has 15 heavy (non-hydrogen) atoms. The first-order chi connectivity index (χ1) is 7.25. The van der Waals surface area contributed by atoms with E-state index in [-0.39, 0.29) is 6.10 Å². The lowest BCUT2D eigenvalue weighted by Crippen LogP contribution is -2.26. The van der Waals surface area contributed by atoms with Crippen molar-refractivity contribution >= 4 is 15.9 Å². The second-order valence-electron chi connectivity index (χ2n) is 4.28. The van der Waals surface area contributed by atoms with Gasteiger partial charge in [-0.2, -0.15) is 0 Å². The number of aromatic nitrogens is 1. The molecule has 0 aromatic carbocycles. The van der Waals surface area contributed by atoms with Gasteiger partial charge in [-0.1, -0.05) is 12.8 Å². The molecular formula is C12H16BrNO. The average molecular weight is 270 g/mol. The van der Waals surface area contributed by atoms with Gasteiger partial charge >= 0.3 is 0 Å². The summed E-state index contributed by atoms with van der Waals surface area (Å²) in [6, 6.07) is 4.04.